The van der Waals surface area contributed by atoms with Crippen LogP contribution in [0, 0.1) is 0 Å². The first kappa shape index (κ1) is 23.0. The van der Waals surface area contributed by atoms with Gasteiger partial charge in [-0.3, -0.25) is 4.79 Å². The Balaban J connectivity index is 2.32. The molecule has 0 aromatic heterocycles. The van der Waals surface area contributed by atoms with Gasteiger partial charge in [0.05, 0.1) is 8.07 Å². The molecule has 0 saturated carbocycles. The van der Waals surface area contributed by atoms with Crippen molar-refractivity contribution in [3.63, 3.8) is 0 Å². The molecular weight excluding hydrogens is 398 g/mol. The summed E-state index contributed by atoms with van der Waals surface area (Å²) in [7, 11) is -2.52. The lowest BCUT2D eigenvalue weighted by Gasteiger charge is -2.29. The Bertz CT molecular complexity index is 919. The Morgan fingerprint density at radius 1 is 0.966 bits per heavy atom. The summed E-state index contributed by atoms with van der Waals surface area (Å²) in [6.45, 7) is 8.62. The molecule has 0 fully saturated rings. The average Bonchev–Trinajstić information content (AvgIpc) is 2.59. The number of carboxylic acid groups (broad SMARTS) is 1. The second kappa shape index (κ2) is 8.59. The number of hydrogen-bond donors (Lipinski definition) is 2. The Labute approximate surface area is 176 Å². The summed E-state index contributed by atoms with van der Waals surface area (Å²) < 4.78 is 0. The quantitative estimate of drug-likeness (QED) is 0.500. The van der Waals surface area contributed by atoms with Crippen molar-refractivity contribution >= 4 is 46.4 Å². The summed E-state index contributed by atoms with van der Waals surface area (Å²) in [5, 5.41) is 13.1. The highest BCUT2D eigenvalue weighted by Gasteiger charge is 2.22. The molecule has 2 rings (SSSR count). The van der Waals surface area contributed by atoms with Crippen molar-refractivity contribution in [3.8, 4) is 0 Å². The standard InChI is InChI=1S/C23H31NO3SSi/c1-16(12-22(25)26)17-8-10-19(11-9-17)24-23(27)18-13-20(28(2,3)4)15-21(14-18)29(5,6)7/h8-15H,1-7H3,(H,24,27)(H,25,26)/b16-12+. The first-order valence-corrected chi connectivity index (χ1v) is 15.8. The van der Waals surface area contributed by atoms with E-state index < -0.39 is 24.1 Å². The van der Waals surface area contributed by atoms with Crippen LogP contribution >= 0.6 is 10.0 Å². The molecule has 0 radical (unpaired) electrons. The van der Waals surface area contributed by atoms with Gasteiger partial charge in [-0.05, 0) is 59.9 Å². The molecule has 156 valence electrons. The monoisotopic (exact) mass is 429 g/mol. The molecule has 0 spiro atoms. The fraction of sp³-hybridized carbons (Fsp3) is 0.304. The van der Waals surface area contributed by atoms with Crippen LogP contribution in [0.5, 0.6) is 0 Å². The fourth-order valence-corrected chi connectivity index (χ4v) is 5.05. The van der Waals surface area contributed by atoms with Gasteiger partial charge in [0.1, 0.15) is 0 Å². The Morgan fingerprint density at radius 3 is 2.03 bits per heavy atom. The van der Waals surface area contributed by atoms with Crippen molar-refractivity contribution in [2.24, 2.45) is 0 Å². The van der Waals surface area contributed by atoms with Crippen LogP contribution in [0.3, 0.4) is 0 Å². The molecule has 2 aromatic carbocycles. The zero-order valence-corrected chi connectivity index (χ0v) is 20.1. The van der Waals surface area contributed by atoms with Gasteiger partial charge < -0.3 is 10.4 Å². The van der Waals surface area contributed by atoms with Gasteiger partial charge in [0.2, 0.25) is 0 Å². The normalized spacial score (nSPS) is 13.1. The molecule has 0 unspecified atom stereocenters. The second-order valence-electron chi connectivity index (χ2n) is 9.03. The first-order chi connectivity index (χ1) is 13.3. The third-order valence-corrected chi connectivity index (χ3v) is 8.35. The van der Waals surface area contributed by atoms with Crippen molar-refractivity contribution in [1.82, 2.24) is 0 Å². The van der Waals surface area contributed by atoms with Crippen LogP contribution in [0.4, 0.5) is 5.69 Å². The Hall–Kier alpha value is -2.31. The molecule has 0 bridgehead atoms. The van der Waals surface area contributed by atoms with Gasteiger partial charge in [0.15, 0.2) is 0 Å². The molecule has 2 aromatic rings. The molecule has 0 atom stereocenters. The highest BCUT2D eigenvalue weighted by atomic mass is 32.3. The number of hydrogen-bond acceptors (Lipinski definition) is 2. The van der Waals surface area contributed by atoms with E-state index in [-0.39, 0.29) is 5.91 Å². The van der Waals surface area contributed by atoms with Gasteiger partial charge in [0.25, 0.3) is 5.91 Å². The minimum absolute atomic E-state index is 0.124. The number of benzene rings is 2. The minimum atomic E-state index is -1.57. The summed E-state index contributed by atoms with van der Waals surface area (Å²) in [4.78, 5) is 25.0. The lowest BCUT2D eigenvalue weighted by molar-refractivity contribution is -0.131. The van der Waals surface area contributed by atoms with Crippen LogP contribution in [-0.2, 0) is 4.79 Å². The molecule has 1 amide bonds. The molecule has 0 aliphatic rings. The van der Waals surface area contributed by atoms with E-state index in [4.69, 9.17) is 5.11 Å². The number of nitrogens with one attached hydrogen (secondary N) is 1. The van der Waals surface area contributed by atoms with E-state index in [0.717, 1.165) is 5.56 Å². The fourth-order valence-electron chi connectivity index (χ4n) is 2.80. The summed E-state index contributed by atoms with van der Waals surface area (Å²) in [5.74, 6) is -1.10. The lowest BCUT2D eigenvalue weighted by atomic mass is 10.1. The number of carbonyl (C=O) groups is 2. The maximum atomic E-state index is 13.0. The zero-order valence-electron chi connectivity index (χ0n) is 18.3. The number of carbonyl (C=O) groups excluding carboxylic acids is 1. The van der Waals surface area contributed by atoms with Crippen molar-refractivity contribution in [2.45, 2.75) is 31.5 Å². The van der Waals surface area contributed by atoms with Gasteiger partial charge >= 0.3 is 5.97 Å². The number of allylic oxidation sites excluding steroid dienone is 1. The average molecular weight is 430 g/mol. The number of aliphatic carboxylic acids is 1. The molecule has 2 N–H and O–H groups in total. The highest BCUT2D eigenvalue weighted by Crippen LogP contribution is 2.45. The maximum absolute atomic E-state index is 13.0. The Morgan fingerprint density at radius 2 is 1.55 bits per heavy atom. The third-order valence-electron chi connectivity index (χ3n) is 4.68. The topological polar surface area (TPSA) is 66.4 Å². The Kier molecular flexibility index (Phi) is 6.81. The molecule has 0 heterocycles. The van der Waals surface area contributed by atoms with Gasteiger partial charge in [-0.1, -0.05) is 49.1 Å². The first-order valence-electron chi connectivity index (χ1n) is 9.44. The predicted octanol–water partition coefficient (Wildman–Crippen LogP) is 5.02. The summed E-state index contributed by atoms with van der Waals surface area (Å²) >= 11 is 0. The van der Waals surface area contributed by atoms with E-state index in [1.807, 2.05) is 24.3 Å². The second-order valence-corrected chi connectivity index (χ2v) is 18.3. The summed E-state index contributed by atoms with van der Waals surface area (Å²) in [6, 6.07) is 13.5. The zero-order chi connectivity index (χ0) is 22.0. The van der Waals surface area contributed by atoms with Crippen molar-refractivity contribution in [1.29, 1.82) is 0 Å². The molecule has 0 aliphatic heterocycles. The molecule has 6 heteroatoms. The van der Waals surface area contributed by atoms with E-state index in [9.17, 15) is 9.59 Å². The number of anilines is 1. The van der Waals surface area contributed by atoms with Gasteiger partial charge in [0, 0.05) is 17.3 Å². The van der Waals surface area contributed by atoms with Gasteiger partial charge in [-0.15, -0.1) is 0 Å². The molecule has 0 aliphatic carbocycles. The van der Waals surface area contributed by atoms with Crippen LogP contribution in [0.15, 0.2) is 53.4 Å². The molecule has 4 nitrogen and oxygen atoms in total. The molecule has 0 saturated heterocycles. The van der Waals surface area contributed by atoms with E-state index in [1.54, 1.807) is 19.1 Å². The van der Waals surface area contributed by atoms with Crippen LogP contribution in [0.25, 0.3) is 5.57 Å². The maximum Gasteiger partial charge on any atom is 0.328 e. The van der Waals surface area contributed by atoms with Gasteiger partial charge in [-0.25, -0.2) is 14.8 Å². The van der Waals surface area contributed by atoms with Gasteiger partial charge in [-0.2, -0.15) is 0 Å². The van der Waals surface area contributed by atoms with Crippen LogP contribution in [-0.4, -0.2) is 43.8 Å². The van der Waals surface area contributed by atoms with Crippen molar-refractivity contribution < 1.29 is 14.7 Å². The van der Waals surface area contributed by atoms with Crippen LogP contribution < -0.4 is 10.5 Å². The number of rotatable bonds is 6. The van der Waals surface area contributed by atoms with Crippen LogP contribution in [0.1, 0.15) is 22.8 Å². The molecule has 29 heavy (non-hydrogen) atoms. The van der Waals surface area contributed by atoms with E-state index in [0.29, 0.717) is 16.8 Å². The summed E-state index contributed by atoms with van der Waals surface area (Å²) in [6.07, 6.45) is 7.89. The van der Waals surface area contributed by atoms with Crippen molar-refractivity contribution in [2.75, 3.05) is 24.1 Å². The van der Waals surface area contributed by atoms with E-state index in [2.05, 4.69) is 49.8 Å². The van der Waals surface area contributed by atoms with E-state index in [1.165, 1.54) is 16.2 Å². The SMILES string of the molecule is C/C(=C\C(=O)O)c1ccc(NC(=O)c2cc([Si](C)(C)C)cc(S(C)(C)C)c2)cc1. The lowest BCUT2D eigenvalue weighted by Crippen LogP contribution is -2.38. The van der Waals surface area contributed by atoms with Crippen molar-refractivity contribution in [3.05, 3.63) is 59.7 Å². The largest absolute Gasteiger partial charge is 0.478 e. The number of carboxylic acids is 1. The third kappa shape index (κ3) is 6.34. The van der Waals surface area contributed by atoms with E-state index >= 15 is 0 Å². The summed E-state index contributed by atoms with van der Waals surface area (Å²) in [5.41, 5.74) is 2.85. The number of amides is 1. The minimum Gasteiger partial charge on any atom is -0.478 e. The molecular formula is C23H31NO3SSi. The van der Waals surface area contributed by atoms with Crippen LogP contribution in [0.2, 0.25) is 19.6 Å². The highest BCUT2D eigenvalue weighted by molar-refractivity contribution is 8.32. The predicted molar refractivity (Wildman–Crippen MR) is 129 cm³/mol. The smallest absolute Gasteiger partial charge is 0.328 e.